The molecule has 0 bridgehead atoms. The Balaban J connectivity index is 1.27. The Morgan fingerprint density at radius 2 is 1.69 bits per heavy atom. The van der Waals surface area contributed by atoms with Crippen molar-refractivity contribution in [1.29, 1.82) is 0 Å². The summed E-state index contributed by atoms with van der Waals surface area (Å²) in [6.07, 6.45) is 2.16. The van der Waals surface area contributed by atoms with Gasteiger partial charge in [0.1, 0.15) is 5.70 Å². The monoisotopic (exact) mass is 677 g/mol. The predicted molar refractivity (Wildman–Crippen MR) is 191 cm³/mol. The molecule has 0 spiro atoms. The molecule has 0 fully saturated rings. The molecule has 5 aromatic rings. The first-order valence-corrected chi connectivity index (χ1v) is 16.7. The number of thioether (sulfide) groups is 1. The number of anilines is 2. The van der Waals surface area contributed by atoms with Crippen LogP contribution in [0.15, 0.2) is 119 Å². The lowest BCUT2D eigenvalue weighted by molar-refractivity contribution is -0.384. The molecule has 12 heteroatoms. The minimum atomic E-state index is -0.502. The van der Waals surface area contributed by atoms with Crippen molar-refractivity contribution in [3.63, 3.8) is 0 Å². The maximum absolute atomic E-state index is 13.5. The summed E-state index contributed by atoms with van der Waals surface area (Å²) in [6, 6.07) is 29.5. The molecule has 4 aromatic carbocycles. The van der Waals surface area contributed by atoms with Crippen molar-refractivity contribution >= 4 is 63.4 Å². The summed E-state index contributed by atoms with van der Waals surface area (Å²) in [5, 5.41) is 21.3. The number of nitrogens with one attached hydrogen (secondary N) is 3. The normalized spacial score (nSPS) is 11.8. The Kier molecular flexibility index (Phi) is 11.1. The third-order valence-corrected chi connectivity index (χ3v) is 9.25. The van der Waals surface area contributed by atoms with Crippen LogP contribution in [0.2, 0.25) is 0 Å². The van der Waals surface area contributed by atoms with Gasteiger partial charge in [-0.05, 0) is 60.9 Å². The number of nitrogens with zero attached hydrogens (tertiary/aromatic N) is 2. The molecule has 0 radical (unpaired) electrons. The first-order chi connectivity index (χ1) is 23.2. The number of hydrogen-bond acceptors (Lipinski definition) is 8. The van der Waals surface area contributed by atoms with Gasteiger partial charge in [0.2, 0.25) is 5.91 Å². The number of thiazole rings is 1. The van der Waals surface area contributed by atoms with Crippen molar-refractivity contribution in [2.75, 3.05) is 10.6 Å². The van der Waals surface area contributed by atoms with Gasteiger partial charge in [0.25, 0.3) is 17.5 Å². The van der Waals surface area contributed by atoms with Gasteiger partial charge in [0.05, 0.1) is 15.9 Å². The van der Waals surface area contributed by atoms with E-state index < -0.39 is 22.0 Å². The van der Waals surface area contributed by atoms with Crippen LogP contribution in [0.5, 0.6) is 0 Å². The van der Waals surface area contributed by atoms with E-state index in [9.17, 15) is 24.5 Å². The van der Waals surface area contributed by atoms with Gasteiger partial charge in [0, 0.05) is 39.2 Å². The Hall–Kier alpha value is -5.59. The van der Waals surface area contributed by atoms with Crippen LogP contribution in [0.25, 0.3) is 17.3 Å². The van der Waals surface area contributed by atoms with Crippen LogP contribution in [0, 0.1) is 17.0 Å². The Bertz CT molecular complexity index is 1990. The summed E-state index contributed by atoms with van der Waals surface area (Å²) < 4.78 is 0. The van der Waals surface area contributed by atoms with E-state index in [1.165, 1.54) is 35.2 Å². The van der Waals surface area contributed by atoms with Crippen molar-refractivity contribution in [3.05, 3.63) is 141 Å². The highest BCUT2D eigenvalue weighted by Gasteiger charge is 2.21. The zero-order valence-corrected chi connectivity index (χ0v) is 27.6. The van der Waals surface area contributed by atoms with E-state index in [4.69, 9.17) is 0 Å². The van der Waals surface area contributed by atoms with E-state index in [0.717, 1.165) is 16.0 Å². The molecule has 1 aromatic heterocycles. The lowest BCUT2D eigenvalue weighted by atomic mass is 10.1. The Labute approximate surface area is 285 Å². The summed E-state index contributed by atoms with van der Waals surface area (Å²) in [5.74, 6) is -1.16. The molecular formula is C36H31N5O5S2. The average Bonchev–Trinajstić information content (AvgIpc) is 3.56. The molecule has 3 N–H and O–H groups in total. The van der Waals surface area contributed by atoms with Crippen LogP contribution in [0.1, 0.15) is 34.8 Å². The van der Waals surface area contributed by atoms with Gasteiger partial charge in [-0.2, -0.15) is 0 Å². The first kappa shape index (κ1) is 33.8. The molecule has 1 unspecified atom stereocenters. The van der Waals surface area contributed by atoms with Crippen LogP contribution in [-0.2, 0) is 9.59 Å². The minimum absolute atomic E-state index is 0.0394. The molecule has 5 rings (SSSR count). The van der Waals surface area contributed by atoms with Crippen molar-refractivity contribution < 1.29 is 19.3 Å². The number of nitro groups is 1. The molecule has 1 atom stereocenters. The lowest BCUT2D eigenvalue weighted by Crippen LogP contribution is -2.30. The Morgan fingerprint density at radius 1 is 0.938 bits per heavy atom. The fourth-order valence-corrected chi connectivity index (χ4v) is 6.34. The first-order valence-electron chi connectivity index (χ1n) is 14.9. The van der Waals surface area contributed by atoms with E-state index >= 15 is 0 Å². The van der Waals surface area contributed by atoms with E-state index in [2.05, 4.69) is 20.9 Å². The highest BCUT2D eigenvalue weighted by Crippen LogP contribution is 2.31. The second kappa shape index (κ2) is 15.8. The highest BCUT2D eigenvalue weighted by atomic mass is 32.2. The van der Waals surface area contributed by atoms with Crippen molar-refractivity contribution in [2.24, 2.45) is 0 Å². The fraction of sp³-hybridized carbons (Fsp3) is 0.111. The molecule has 242 valence electrons. The molecule has 0 aliphatic rings. The van der Waals surface area contributed by atoms with Crippen LogP contribution < -0.4 is 16.0 Å². The van der Waals surface area contributed by atoms with E-state index in [-0.39, 0.29) is 17.3 Å². The molecule has 0 aliphatic heterocycles. The second-order valence-corrected chi connectivity index (χ2v) is 12.7. The van der Waals surface area contributed by atoms with Crippen LogP contribution in [-0.4, -0.2) is 32.9 Å². The summed E-state index contributed by atoms with van der Waals surface area (Å²) in [4.78, 5) is 55.7. The van der Waals surface area contributed by atoms with Crippen molar-refractivity contribution in [3.8, 4) is 11.3 Å². The van der Waals surface area contributed by atoms with Gasteiger partial charge >= 0.3 is 0 Å². The zero-order chi connectivity index (χ0) is 34.0. The van der Waals surface area contributed by atoms with E-state index in [1.807, 2.05) is 50.2 Å². The molecule has 0 saturated heterocycles. The number of rotatable bonds is 12. The predicted octanol–water partition coefficient (Wildman–Crippen LogP) is 7.95. The topological polar surface area (TPSA) is 143 Å². The number of hydrogen-bond donors (Lipinski definition) is 3. The number of carbonyl (C=O) groups excluding carboxylic acids is 3. The van der Waals surface area contributed by atoms with Gasteiger partial charge in [-0.15, -0.1) is 23.1 Å². The SMILES string of the molecule is CCC(Sc1cccc(NC(=O)/C(=C/c2ccccc2C)NC(=O)c2ccccc2)c1)C(=O)Nc1nc(-c2cccc([N+](=O)[O-])c2)cs1. The minimum Gasteiger partial charge on any atom is -0.321 e. The zero-order valence-electron chi connectivity index (χ0n) is 26.0. The summed E-state index contributed by atoms with van der Waals surface area (Å²) >= 11 is 2.57. The number of carbonyl (C=O) groups is 3. The van der Waals surface area contributed by atoms with Gasteiger partial charge in [-0.25, -0.2) is 4.98 Å². The molecule has 3 amide bonds. The average molecular weight is 678 g/mol. The number of non-ortho nitro benzene ring substituents is 1. The van der Waals surface area contributed by atoms with Gasteiger partial charge < -0.3 is 16.0 Å². The number of amides is 3. The number of aromatic nitrogens is 1. The Morgan fingerprint density at radius 3 is 2.44 bits per heavy atom. The van der Waals surface area contributed by atoms with Crippen LogP contribution in [0.4, 0.5) is 16.5 Å². The van der Waals surface area contributed by atoms with Gasteiger partial charge in [-0.1, -0.05) is 67.6 Å². The van der Waals surface area contributed by atoms with Crippen molar-refractivity contribution in [1.82, 2.24) is 10.3 Å². The number of benzene rings is 4. The maximum atomic E-state index is 13.5. The summed E-state index contributed by atoms with van der Waals surface area (Å²) in [7, 11) is 0. The maximum Gasteiger partial charge on any atom is 0.272 e. The van der Waals surface area contributed by atoms with Crippen LogP contribution in [0.3, 0.4) is 0 Å². The third kappa shape index (κ3) is 8.81. The molecule has 0 saturated carbocycles. The molecule has 48 heavy (non-hydrogen) atoms. The fourth-order valence-electron chi connectivity index (χ4n) is 4.61. The summed E-state index contributed by atoms with van der Waals surface area (Å²) in [5.41, 5.74) is 3.79. The molecular weight excluding hydrogens is 647 g/mol. The number of nitro benzene ring substituents is 1. The largest absolute Gasteiger partial charge is 0.321 e. The molecule has 10 nitrogen and oxygen atoms in total. The smallest absolute Gasteiger partial charge is 0.272 e. The second-order valence-electron chi connectivity index (χ2n) is 10.6. The van der Waals surface area contributed by atoms with Crippen LogP contribution >= 0.6 is 23.1 Å². The van der Waals surface area contributed by atoms with E-state index in [1.54, 1.807) is 66.1 Å². The third-order valence-electron chi connectivity index (χ3n) is 7.14. The standard InChI is InChI=1S/C36H31N5O5S2/c1-3-32(35(44)40-36-39-31(22-47-36)26-15-9-17-28(19-26)41(45)46)48-29-18-10-16-27(21-29)37-34(43)30(20-25-14-8-7-11-23(25)2)38-33(42)24-12-5-4-6-13-24/h4-22,32H,3H2,1-2H3,(H,37,43)(H,38,42)(H,39,40,44)/b30-20-. The lowest BCUT2D eigenvalue weighted by Gasteiger charge is -2.15. The highest BCUT2D eigenvalue weighted by molar-refractivity contribution is 8.00. The van der Waals surface area contributed by atoms with Gasteiger partial charge in [-0.3, -0.25) is 24.5 Å². The summed E-state index contributed by atoms with van der Waals surface area (Å²) in [6.45, 7) is 3.82. The quantitative estimate of drug-likeness (QED) is 0.0526. The van der Waals surface area contributed by atoms with Crippen molar-refractivity contribution in [2.45, 2.75) is 30.4 Å². The van der Waals surface area contributed by atoms with E-state index in [0.29, 0.717) is 34.1 Å². The number of aryl methyl sites for hydroxylation is 1. The molecule has 0 aliphatic carbocycles. The molecule has 1 heterocycles. The van der Waals surface area contributed by atoms with Gasteiger partial charge in [0.15, 0.2) is 5.13 Å².